The van der Waals surface area contributed by atoms with Crippen molar-refractivity contribution in [1.29, 1.82) is 0 Å². The second-order valence-electron chi connectivity index (χ2n) is 5.28. The SMILES string of the molecule is CC(C)c1nn(C)cc1NS(=O)(=O)c1cccc(C(=O)O)c1F. The molecule has 0 bridgehead atoms. The Labute approximate surface area is 132 Å². The third kappa shape index (κ3) is 3.34. The Kier molecular flexibility index (Phi) is 4.42. The van der Waals surface area contributed by atoms with Gasteiger partial charge in [0.25, 0.3) is 10.0 Å². The maximum atomic E-state index is 14.2. The van der Waals surface area contributed by atoms with E-state index in [9.17, 15) is 17.6 Å². The van der Waals surface area contributed by atoms with Crippen LogP contribution in [0.5, 0.6) is 0 Å². The smallest absolute Gasteiger partial charge is 0.338 e. The van der Waals surface area contributed by atoms with Crippen LogP contribution in [-0.4, -0.2) is 29.3 Å². The van der Waals surface area contributed by atoms with Crippen LogP contribution in [0.15, 0.2) is 29.3 Å². The number of carbonyl (C=O) groups is 1. The summed E-state index contributed by atoms with van der Waals surface area (Å²) in [6, 6.07) is 3.18. The quantitative estimate of drug-likeness (QED) is 0.868. The lowest BCUT2D eigenvalue weighted by atomic mass is 10.1. The van der Waals surface area contributed by atoms with Gasteiger partial charge in [-0.2, -0.15) is 5.10 Å². The number of carboxylic acid groups (broad SMARTS) is 1. The van der Waals surface area contributed by atoms with E-state index in [0.29, 0.717) is 5.69 Å². The Morgan fingerprint density at radius 3 is 2.61 bits per heavy atom. The van der Waals surface area contributed by atoms with Gasteiger partial charge in [0.15, 0.2) is 5.82 Å². The topological polar surface area (TPSA) is 101 Å². The number of anilines is 1. The average Bonchev–Trinajstić information content (AvgIpc) is 2.78. The molecular weight excluding hydrogens is 325 g/mol. The minimum atomic E-state index is -4.28. The van der Waals surface area contributed by atoms with E-state index < -0.39 is 32.3 Å². The number of nitrogens with zero attached hydrogens (tertiary/aromatic N) is 2. The molecule has 0 spiro atoms. The van der Waals surface area contributed by atoms with Crippen molar-refractivity contribution in [3.8, 4) is 0 Å². The third-order valence-electron chi connectivity index (χ3n) is 3.13. The molecule has 1 aromatic carbocycles. The van der Waals surface area contributed by atoms with Crippen molar-refractivity contribution in [2.24, 2.45) is 7.05 Å². The minimum absolute atomic E-state index is 0.0518. The highest BCUT2D eigenvalue weighted by Crippen LogP contribution is 2.26. The highest BCUT2D eigenvalue weighted by atomic mass is 32.2. The fraction of sp³-hybridized carbons (Fsp3) is 0.286. The van der Waals surface area contributed by atoms with Crippen LogP contribution in [0, 0.1) is 5.82 Å². The fourth-order valence-electron chi connectivity index (χ4n) is 2.09. The molecule has 2 aromatic rings. The Bertz CT molecular complexity index is 859. The molecule has 1 aromatic heterocycles. The number of benzene rings is 1. The Morgan fingerprint density at radius 1 is 1.39 bits per heavy atom. The van der Waals surface area contributed by atoms with Crippen molar-refractivity contribution >= 4 is 21.7 Å². The molecule has 0 unspecified atom stereocenters. The van der Waals surface area contributed by atoms with Crippen LogP contribution in [0.25, 0.3) is 0 Å². The van der Waals surface area contributed by atoms with Crippen LogP contribution in [0.1, 0.15) is 35.8 Å². The monoisotopic (exact) mass is 341 g/mol. The molecule has 124 valence electrons. The molecule has 23 heavy (non-hydrogen) atoms. The van der Waals surface area contributed by atoms with E-state index in [0.717, 1.165) is 12.1 Å². The van der Waals surface area contributed by atoms with Crippen LogP contribution in [-0.2, 0) is 17.1 Å². The molecule has 0 saturated heterocycles. The maximum absolute atomic E-state index is 14.2. The van der Waals surface area contributed by atoms with Gasteiger partial charge < -0.3 is 5.11 Å². The van der Waals surface area contributed by atoms with Gasteiger partial charge >= 0.3 is 5.97 Å². The summed E-state index contributed by atoms with van der Waals surface area (Å²) in [4.78, 5) is 10.2. The molecule has 0 aliphatic heterocycles. The van der Waals surface area contributed by atoms with Gasteiger partial charge in [-0.15, -0.1) is 0 Å². The summed E-state index contributed by atoms with van der Waals surface area (Å²) in [5.41, 5.74) is 0.0247. The van der Waals surface area contributed by atoms with Gasteiger partial charge in [0, 0.05) is 13.2 Å². The van der Waals surface area contributed by atoms with Crippen LogP contribution in [0.2, 0.25) is 0 Å². The van der Waals surface area contributed by atoms with E-state index in [1.165, 1.54) is 16.9 Å². The van der Waals surface area contributed by atoms with E-state index in [4.69, 9.17) is 5.11 Å². The summed E-state index contributed by atoms with van der Waals surface area (Å²) in [6.07, 6.45) is 1.46. The van der Waals surface area contributed by atoms with Gasteiger partial charge in [-0.1, -0.05) is 19.9 Å². The normalized spacial score (nSPS) is 11.7. The van der Waals surface area contributed by atoms with Crippen LogP contribution in [0.4, 0.5) is 10.1 Å². The van der Waals surface area contributed by atoms with E-state index in [2.05, 4.69) is 9.82 Å². The number of aromatic carboxylic acids is 1. The van der Waals surface area contributed by atoms with Crippen molar-refractivity contribution in [3.05, 3.63) is 41.5 Å². The van der Waals surface area contributed by atoms with E-state index in [1.54, 1.807) is 7.05 Å². The Hall–Kier alpha value is -2.42. The Balaban J connectivity index is 2.49. The summed E-state index contributed by atoms with van der Waals surface area (Å²) in [5.74, 6) is -2.89. The van der Waals surface area contributed by atoms with E-state index in [1.807, 2.05) is 13.8 Å². The highest BCUT2D eigenvalue weighted by molar-refractivity contribution is 7.92. The molecule has 0 saturated carbocycles. The summed E-state index contributed by atoms with van der Waals surface area (Å²) in [5, 5.41) is 13.1. The lowest BCUT2D eigenvalue weighted by molar-refractivity contribution is 0.0691. The van der Waals surface area contributed by atoms with E-state index >= 15 is 0 Å². The largest absolute Gasteiger partial charge is 0.478 e. The lowest BCUT2D eigenvalue weighted by Gasteiger charge is -2.11. The molecule has 0 amide bonds. The molecular formula is C14H16FN3O4S. The number of aromatic nitrogens is 2. The van der Waals surface area contributed by atoms with Gasteiger partial charge in [0.2, 0.25) is 0 Å². The average molecular weight is 341 g/mol. The third-order valence-corrected chi connectivity index (χ3v) is 4.51. The lowest BCUT2D eigenvalue weighted by Crippen LogP contribution is -2.17. The molecule has 1 heterocycles. The van der Waals surface area contributed by atoms with Gasteiger partial charge in [0.05, 0.1) is 16.9 Å². The van der Waals surface area contributed by atoms with Crippen LogP contribution >= 0.6 is 0 Å². The fourth-order valence-corrected chi connectivity index (χ4v) is 3.25. The first kappa shape index (κ1) is 16.9. The molecule has 7 nitrogen and oxygen atoms in total. The molecule has 0 fully saturated rings. The van der Waals surface area contributed by atoms with Crippen molar-refractivity contribution in [2.75, 3.05) is 4.72 Å². The second kappa shape index (κ2) is 5.99. The molecule has 0 aliphatic rings. The first-order valence-corrected chi connectivity index (χ1v) is 8.20. The predicted molar refractivity (Wildman–Crippen MR) is 81.5 cm³/mol. The zero-order chi connectivity index (χ0) is 17.4. The first-order chi connectivity index (χ1) is 10.6. The molecule has 0 radical (unpaired) electrons. The molecule has 9 heteroatoms. The van der Waals surface area contributed by atoms with Gasteiger partial charge in [-0.25, -0.2) is 17.6 Å². The van der Waals surface area contributed by atoms with Gasteiger partial charge in [0.1, 0.15) is 4.90 Å². The van der Waals surface area contributed by atoms with Crippen molar-refractivity contribution in [3.63, 3.8) is 0 Å². The van der Waals surface area contributed by atoms with Gasteiger partial charge in [-0.3, -0.25) is 9.40 Å². The molecule has 2 rings (SSSR count). The number of sulfonamides is 1. The number of nitrogens with one attached hydrogen (secondary N) is 1. The summed E-state index contributed by atoms with van der Waals surface area (Å²) >= 11 is 0. The number of aryl methyl sites for hydroxylation is 1. The number of rotatable bonds is 5. The zero-order valence-corrected chi connectivity index (χ0v) is 13.6. The standard InChI is InChI=1S/C14H16FN3O4S/c1-8(2)13-10(7-18(3)16-13)17-23(21,22)11-6-4-5-9(12(11)15)14(19)20/h4-8,17H,1-3H3,(H,19,20). The summed E-state index contributed by atoms with van der Waals surface area (Å²) < 4.78 is 42.7. The number of hydrogen-bond donors (Lipinski definition) is 2. The second-order valence-corrected chi connectivity index (χ2v) is 6.94. The predicted octanol–water partition coefficient (Wildman–Crippen LogP) is 2.18. The molecule has 0 atom stereocenters. The zero-order valence-electron chi connectivity index (χ0n) is 12.7. The van der Waals surface area contributed by atoms with Gasteiger partial charge in [-0.05, 0) is 18.1 Å². The molecule has 2 N–H and O–H groups in total. The summed E-state index contributed by atoms with van der Waals surface area (Å²) in [7, 11) is -2.65. The number of halogens is 1. The number of hydrogen-bond acceptors (Lipinski definition) is 4. The van der Waals surface area contributed by atoms with Crippen molar-refractivity contribution in [2.45, 2.75) is 24.7 Å². The first-order valence-electron chi connectivity index (χ1n) is 6.71. The van der Waals surface area contributed by atoms with E-state index in [-0.39, 0.29) is 11.6 Å². The Morgan fingerprint density at radius 2 is 2.04 bits per heavy atom. The molecule has 0 aliphatic carbocycles. The number of carboxylic acids is 1. The minimum Gasteiger partial charge on any atom is -0.478 e. The highest BCUT2D eigenvalue weighted by Gasteiger charge is 2.25. The van der Waals surface area contributed by atoms with Crippen molar-refractivity contribution < 1.29 is 22.7 Å². The summed E-state index contributed by atoms with van der Waals surface area (Å²) in [6.45, 7) is 3.68. The van der Waals surface area contributed by atoms with Crippen LogP contribution in [0.3, 0.4) is 0 Å². The maximum Gasteiger partial charge on any atom is 0.338 e. The van der Waals surface area contributed by atoms with Crippen molar-refractivity contribution in [1.82, 2.24) is 9.78 Å². The van der Waals surface area contributed by atoms with Crippen LogP contribution < -0.4 is 4.72 Å².